The molecule has 1 fully saturated rings. The van der Waals surface area contributed by atoms with Gasteiger partial charge < -0.3 is 16.0 Å². The lowest BCUT2D eigenvalue weighted by Gasteiger charge is -2.36. The number of hydrogen-bond acceptors (Lipinski definition) is 4. The molecule has 1 aliphatic heterocycles. The summed E-state index contributed by atoms with van der Waals surface area (Å²) in [7, 11) is 0. The van der Waals surface area contributed by atoms with Gasteiger partial charge in [-0.15, -0.1) is 0 Å². The predicted molar refractivity (Wildman–Crippen MR) is 121 cm³/mol. The van der Waals surface area contributed by atoms with Crippen LogP contribution >= 0.6 is 0 Å². The number of amides is 1. The maximum absolute atomic E-state index is 11.5. The van der Waals surface area contributed by atoms with E-state index in [1.807, 2.05) is 12.1 Å². The smallest absolute Gasteiger partial charge is 0.244 e. The first-order valence-corrected chi connectivity index (χ1v) is 10.5. The van der Waals surface area contributed by atoms with Gasteiger partial charge in [0.2, 0.25) is 5.91 Å². The van der Waals surface area contributed by atoms with Crippen molar-refractivity contribution >= 4 is 28.5 Å². The molecule has 1 aromatic heterocycles. The van der Waals surface area contributed by atoms with Crippen LogP contribution in [-0.2, 0) is 4.79 Å². The van der Waals surface area contributed by atoms with E-state index in [0.29, 0.717) is 18.0 Å². The van der Waals surface area contributed by atoms with Gasteiger partial charge in [-0.2, -0.15) is 4.99 Å². The Morgan fingerprint density at radius 1 is 1.24 bits per heavy atom. The minimum absolute atomic E-state index is 0.233. The summed E-state index contributed by atoms with van der Waals surface area (Å²) in [5.74, 6) is 1.37. The van der Waals surface area contributed by atoms with Crippen molar-refractivity contribution in [3.63, 3.8) is 0 Å². The summed E-state index contributed by atoms with van der Waals surface area (Å²) in [6, 6.07) is 9.21. The highest BCUT2D eigenvalue weighted by atomic mass is 16.1. The Balaban J connectivity index is 1.90. The summed E-state index contributed by atoms with van der Waals surface area (Å²) in [4.78, 5) is 22.7. The van der Waals surface area contributed by atoms with Gasteiger partial charge in [-0.05, 0) is 50.8 Å². The van der Waals surface area contributed by atoms with Gasteiger partial charge in [0.15, 0.2) is 0 Å². The monoisotopic (exact) mass is 395 g/mol. The first-order chi connectivity index (χ1) is 13.7. The first-order valence-electron chi connectivity index (χ1n) is 10.5. The number of amidine groups is 1. The molecule has 1 amide bonds. The van der Waals surface area contributed by atoms with Crippen molar-refractivity contribution in [1.82, 2.24) is 10.3 Å². The molecular weight excluding hydrogens is 362 g/mol. The van der Waals surface area contributed by atoms with Crippen LogP contribution in [-0.4, -0.2) is 41.9 Å². The molecule has 3 rings (SSSR count). The maximum Gasteiger partial charge on any atom is 0.244 e. The second-order valence-corrected chi connectivity index (χ2v) is 8.53. The highest BCUT2D eigenvalue weighted by molar-refractivity contribution is 6.08. The molecule has 156 valence electrons. The normalized spacial score (nSPS) is 17.2. The molecule has 0 radical (unpaired) electrons. The summed E-state index contributed by atoms with van der Waals surface area (Å²) in [5, 5.41) is 4.76. The van der Waals surface area contributed by atoms with E-state index in [0.717, 1.165) is 53.8 Å². The molecule has 1 saturated heterocycles. The van der Waals surface area contributed by atoms with Gasteiger partial charge in [0.05, 0.1) is 11.1 Å². The van der Waals surface area contributed by atoms with Gasteiger partial charge in [0.1, 0.15) is 11.7 Å². The third-order valence-corrected chi connectivity index (χ3v) is 5.80. The van der Waals surface area contributed by atoms with Crippen LogP contribution in [0.5, 0.6) is 0 Å². The number of aliphatic imine (C=N–C) groups is 1. The molecule has 3 N–H and O–H groups in total. The summed E-state index contributed by atoms with van der Waals surface area (Å²) in [5.41, 5.74) is 9.03. The standard InChI is InChI=1S/C23H33N5O/c1-14(2)16(4)25-19-8-10-28(11-9-19)23-20(22(24)26-17(5)29)13-18-12-15(3)6-7-21(18)27-23/h6-7,12-14,16,19,25H,8-11H2,1-5H3,(H2,24,26,29)/t16-/m1/s1. The van der Waals surface area contributed by atoms with Crippen LogP contribution in [0.4, 0.5) is 5.82 Å². The van der Waals surface area contributed by atoms with Crippen molar-refractivity contribution in [3.8, 4) is 0 Å². The van der Waals surface area contributed by atoms with E-state index in [2.05, 4.69) is 55.0 Å². The number of nitrogens with two attached hydrogens (primary N) is 1. The number of hydrogen-bond donors (Lipinski definition) is 2. The number of carbonyl (C=O) groups excluding carboxylic acids is 1. The minimum Gasteiger partial charge on any atom is -0.383 e. The average Bonchev–Trinajstić information content (AvgIpc) is 2.67. The van der Waals surface area contributed by atoms with E-state index >= 15 is 0 Å². The van der Waals surface area contributed by atoms with Gasteiger partial charge in [-0.25, -0.2) is 4.98 Å². The molecule has 1 atom stereocenters. The van der Waals surface area contributed by atoms with Crippen molar-refractivity contribution in [1.29, 1.82) is 0 Å². The minimum atomic E-state index is -0.302. The van der Waals surface area contributed by atoms with Crippen molar-refractivity contribution < 1.29 is 4.79 Å². The van der Waals surface area contributed by atoms with Crippen molar-refractivity contribution in [2.75, 3.05) is 18.0 Å². The zero-order valence-electron chi connectivity index (χ0n) is 18.2. The molecule has 0 aliphatic carbocycles. The molecule has 1 aliphatic rings. The number of benzene rings is 1. The number of rotatable bonds is 5. The van der Waals surface area contributed by atoms with Crippen molar-refractivity contribution in [2.24, 2.45) is 16.6 Å². The zero-order valence-corrected chi connectivity index (χ0v) is 18.2. The molecule has 0 saturated carbocycles. The predicted octanol–water partition coefficient (Wildman–Crippen LogP) is 3.40. The van der Waals surface area contributed by atoms with Gasteiger partial charge in [0, 0.05) is 37.5 Å². The topological polar surface area (TPSA) is 83.6 Å². The fraction of sp³-hybridized carbons (Fsp3) is 0.522. The van der Waals surface area contributed by atoms with Gasteiger partial charge in [-0.1, -0.05) is 25.5 Å². The highest BCUT2D eigenvalue weighted by Crippen LogP contribution is 2.27. The van der Waals surface area contributed by atoms with Gasteiger partial charge in [-0.3, -0.25) is 4.79 Å². The molecular formula is C23H33N5O. The number of aryl methyl sites for hydroxylation is 1. The highest BCUT2D eigenvalue weighted by Gasteiger charge is 2.25. The third-order valence-electron chi connectivity index (χ3n) is 5.80. The van der Waals surface area contributed by atoms with Crippen LogP contribution < -0.4 is 16.0 Å². The lowest BCUT2D eigenvalue weighted by molar-refractivity contribution is -0.115. The Hall–Kier alpha value is -2.47. The number of piperidine rings is 1. The molecule has 1 aromatic carbocycles. The number of aromatic nitrogens is 1. The number of fused-ring (bicyclic) bond motifs is 1. The molecule has 2 heterocycles. The zero-order chi connectivity index (χ0) is 21.1. The molecule has 29 heavy (non-hydrogen) atoms. The average molecular weight is 396 g/mol. The summed E-state index contributed by atoms with van der Waals surface area (Å²) in [6.07, 6.45) is 2.10. The van der Waals surface area contributed by atoms with Crippen molar-refractivity contribution in [2.45, 2.75) is 59.5 Å². The van der Waals surface area contributed by atoms with Crippen LogP contribution in [0.3, 0.4) is 0 Å². The summed E-state index contributed by atoms with van der Waals surface area (Å²) in [6.45, 7) is 12.0. The molecule has 0 unspecified atom stereocenters. The van der Waals surface area contributed by atoms with Crippen molar-refractivity contribution in [3.05, 3.63) is 35.4 Å². The number of nitrogens with zero attached hydrogens (tertiary/aromatic N) is 3. The van der Waals surface area contributed by atoms with Crippen LogP contribution in [0.25, 0.3) is 10.9 Å². The molecule has 6 heteroatoms. The molecule has 0 bridgehead atoms. The van der Waals surface area contributed by atoms with Crippen LogP contribution in [0.1, 0.15) is 51.7 Å². The summed E-state index contributed by atoms with van der Waals surface area (Å²) < 4.78 is 0. The summed E-state index contributed by atoms with van der Waals surface area (Å²) >= 11 is 0. The Labute approximate surface area is 173 Å². The largest absolute Gasteiger partial charge is 0.383 e. The second kappa shape index (κ2) is 8.91. The molecule has 6 nitrogen and oxygen atoms in total. The van der Waals surface area contributed by atoms with Crippen LogP contribution in [0, 0.1) is 12.8 Å². The van der Waals surface area contributed by atoms with Crippen LogP contribution in [0.15, 0.2) is 29.3 Å². The van der Waals surface area contributed by atoms with E-state index in [4.69, 9.17) is 10.7 Å². The van der Waals surface area contributed by atoms with E-state index < -0.39 is 0 Å². The van der Waals surface area contributed by atoms with E-state index in [1.54, 1.807) is 0 Å². The lowest BCUT2D eigenvalue weighted by Crippen LogP contribution is -2.47. The van der Waals surface area contributed by atoms with E-state index in [9.17, 15) is 4.79 Å². The van der Waals surface area contributed by atoms with Gasteiger partial charge >= 0.3 is 0 Å². The Morgan fingerprint density at radius 2 is 1.93 bits per heavy atom. The number of nitrogens with one attached hydrogen (secondary N) is 1. The Morgan fingerprint density at radius 3 is 2.55 bits per heavy atom. The lowest BCUT2D eigenvalue weighted by atomic mass is 9.99. The molecule has 2 aromatic rings. The maximum atomic E-state index is 11.5. The van der Waals surface area contributed by atoms with Gasteiger partial charge in [0.25, 0.3) is 0 Å². The van der Waals surface area contributed by atoms with E-state index in [1.165, 1.54) is 6.92 Å². The number of pyridine rings is 1. The number of carbonyl (C=O) groups is 1. The number of anilines is 1. The SMILES string of the molecule is CC(=O)N=C(N)c1cc2cc(C)ccc2nc1N1CCC(N[C@H](C)C(C)C)CC1. The third kappa shape index (κ3) is 5.12. The fourth-order valence-electron chi connectivity index (χ4n) is 3.77. The quantitative estimate of drug-likeness (QED) is 0.599. The Kier molecular flexibility index (Phi) is 6.52. The Bertz CT molecular complexity index is 913. The second-order valence-electron chi connectivity index (χ2n) is 8.53. The van der Waals surface area contributed by atoms with E-state index in [-0.39, 0.29) is 11.7 Å². The fourth-order valence-corrected chi connectivity index (χ4v) is 3.77. The first kappa shape index (κ1) is 21.2. The molecule has 0 spiro atoms. The van der Waals surface area contributed by atoms with Crippen LogP contribution in [0.2, 0.25) is 0 Å².